The molecule has 0 aliphatic heterocycles. The number of hydrogen-bond acceptors (Lipinski definition) is 2. The molecule has 0 radical (unpaired) electrons. The Hall–Kier alpha value is -3.24. The molecule has 0 spiro atoms. The molecule has 0 saturated heterocycles. The molecule has 1 aromatic rings. The average Bonchev–Trinajstić information content (AvgIpc) is 3.53. The zero-order valence-corrected chi connectivity index (χ0v) is 31.1. The lowest BCUT2D eigenvalue weighted by molar-refractivity contribution is -0.187. The van der Waals surface area contributed by atoms with E-state index in [2.05, 4.69) is 84.2 Å². The predicted molar refractivity (Wildman–Crippen MR) is 201 cm³/mol. The number of aryl methyl sites for hydroxylation is 1. The van der Waals surface area contributed by atoms with Crippen LogP contribution in [0.15, 0.2) is 43.0 Å². The molecule has 6 rings (SSSR count). The van der Waals surface area contributed by atoms with Gasteiger partial charge >= 0.3 is 11.9 Å². The summed E-state index contributed by atoms with van der Waals surface area (Å²) < 4.78 is 0. The van der Waals surface area contributed by atoms with E-state index in [4.69, 9.17) is 0 Å². The smallest absolute Gasteiger partial charge is 0.309 e. The summed E-state index contributed by atoms with van der Waals surface area (Å²) in [4.78, 5) is 23.9. The minimum Gasteiger partial charge on any atom is -0.481 e. The molecule has 4 unspecified atom stereocenters. The molecule has 4 fully saturated rings. The van der Waals surface area contributed by atoms with Gasteiger partial charge in [0, 0.05) is 6.42 Å². The molecule has 0 bridgehead atoms. The number of hydrogen-bond donors (Lipinski definition) is 2. The van der Waals surface area contributed by atoms with Crippen LogP contribution in [0.4, 0.5) is 0 Å². The Labute approximate surface area is 293 Å². The lowest BCUT2D eigenvalue weighted by Crippen LogP contribution is -2.61. The summed E-state index contributed by atoms with van der Waals surface area (Å²) in [5.41, 5.74) is 3.93. The molecule has 5 aliphatic rings. The quantitative estimate of drug-likeness (QED) is 0.244. The predicted octanol–water partition coefficient (Wildman–Crippen LogP) is 11.0. The van der Waals surface area contributed by atoms with Crippen molar-refractivity contribution < 1.29 is 19.8 Å². The second-order valence-electron chi connectivity index (χ2n) is 15.5. The Kier molecular flexibility index (Phi) is 14.4. The van der Waals surface area contributed by atoms with E-state index in [1.807, 2.05) is 26.8 Å². The molecule has 264 valence electrons. The van der Waals surface area contributed by atoms with E-state index in [1.165, 1.54) is 36.8 Å². The molecular formula is C44H64O4. The van der Waals surface area contributed by atoms with E-state index in [-0.39, 0.29) is 17.3 Å². The van der Waals surface area contributed by atoms with Gasteiger partial charge in [-0.2, -0.15) is 0 Å². The van der Waals surface area contributed by atoms with Crippen molar-refractivity contribution in [3.05, 3.63) is 54.1 Å². The number of carbonyl (C=O) groups is 2. The molecule has 4 saturated carbocycles. The maximum absolute atomic E-state index is 12.5. The minimum atomic E-state index is -0.739. The van der Waals surface area contributed by atoms with Crippen molar-refractivity contribution >= 4 is 17.5 Å². The van der Waals surface area contributed by atoms with Crippen molar-refractivity contribution in [2.75, 3.05) is 0 Å². The van der Waals surface area contributed by atoms with Crippen LogP contribution in [-0.2, 0) is 16.0 Å². The van der Waals surface area contributed by atoms with E-state index >= 15 is 0 Å². The van der Waals surface area contributed by atoms with Gasteiger partial charge in [-0.25, -0.2) is 0 Å². The number of rotatable bonds is 5. The van der Waals surface area contributed by atoms with Gasteiger partial charge in [0.15, 0.2) is 0 Å². The summed E-state index contributed by atoms with van der Waals surface area (Å²) in [5.74, 6) is 1.63. The van der Waals surface area contributed by atoms with Gasteiger partial charge < -0.3 is 10.2 Å². The highest BCUT2D eigenvalue weighted by molar-refractivity contribution is 5.76. The van der Waals surface area contributed by atoms with Crippen LogP contribution >= 0.6 is 0 Å². The third kappa shape index (κ3) is 7.06. The molecule has 1 aromatic carbocycles. The molecule has 48 heavy (non-hydrogen) atoms. The molecule has 4 nitrogen and oxygen atoms in total. The Morgan fingerprint density at radius 3 is 2.08 bits per heavy atom. The summed E-state index contributed by atoms with van der Waals surface area (Å²) in [5, 5.41) is 19.6. The van der Waals surface area contributed by atoms with Gasteiger partial charge in [0.2, 0.25) is 0 Å². The van der Waals surface area contributed by atoms with Gasteiger partial charge in [-0.1, -0.05) is 84.4 Å². The van der Waals surface area contributed by atoms with Crippen LogP contribution in [0.25, 0.3) is 5.57 Å². The summed E-state index contributed by atoms with van der Waals surface area (Å²) in [7, 11) is 0. The third-order valence-corrected chi connectivity index (χ3v) is 13.4. The van der Waals surface area contributed by atoms with E-state index in [9.17, 15) is 19.8 Å². The topological polar surface area (TPSA) is 74.6 Å². The van der Waals surface area contributed by atoms with Crippen molar-refractivity contribution in [3.8, 4) is 25.7 Å². The highest BCUT2D eigenvalue weighted by atomic mass is 16.4. The number of allylic oxidation sites excluding steroid dienone is 3. The SMILES string of the molecule is C#C.C#C.C=CC.CC.CC1(C)C(c2ccccc2CCC(=O)O)=CC[C@@]2(C)C1CC[C@@]1(C)C3CC[C@@]4(C(=O)O)CCCC4[C@H]3CCC12. The van der Waals surface area contributed by atoms with Gasteiger partial charge in [0.05, 0.1) is 5.41 Å². The van der Waals surface area contributed by atoms with Crippen LogP contribution in [0.1, 0.15) is 130 Å². The lowest BCUT2D eigenvalue weighted by atomic mass is 9.36. The van der Waals surface area contributed by atoms with E-state index in [0.29, 0.717) is 41.4 Å². The monoisotopic (exact) mass is 656 g/mol. The van der Waals surface area contributed by atoms with Gasteiger partial charge in [-0.05, 0) is 134 Å². The van der Waals surface area contributed by atoms with Crippen LogP contribution in [0.5, 0.6) is 0 Å². The number of carboxylic acid groups (broad SMARTS) is 2. The highest BCUT2D eigenvalue weighted by Gasteiger charge is 2.66. The van der Waals surface area contributed by atoms with Gasteiger partial charge in [-0.3, -0.25) is 9.59 Å². The fraction of sp³-hybridized carbons (Fsp3) is 0.636. The molecule has 4 heteroatoms. The first-order valence-electron chi connectivity index (χ1n) is 18.3. The number of terminal acetylenes is 2. The standard InChI is InChI=1S/C35H48O4.C3H6.C2H6.2C2H2/c1-32(2)25(23-9-6-5-8-22(23)11-14-30(36)37)15-19-34(4)28(32)17-20-33(3)26-16-21-35(31(38)39)18-7-10-27(35)24(26)12-13-29(33)34;1-3-2;3*1-2/h5-6,8-9,15,24,26-29H,7,10-14,16-21H2,1-4H3,(H,36,37)(H,38,39);3H,1H2,2H3;1-2H3;2*1-2H/t24-,26?,27?,28?,29?,33-,34-,35-;;;;/m0..../s1. The van der Waals surface area contributed by atoms with E-state index in [1.54, 1.807) is 6.08 Å². The van der Waals surface area contributed by atoms with Crippen molar-refractivity contribution in [3.63, 3.8) is 0 Å². The average molecular weight is 657 g/mol. The molecule has 0 aromatic heterocycles. The zero-order valence-electron chi connectivity index (χ0n) is 31.1. The Morgan fingerprint density at radius 1 is 0.854 bits per heavy atom. The second kappa shape index (κ2) is 16.9. The maximum atomic E-state index is 12.5. The van der Waals surface area contributed by atoms with Crippen LogP contribution in [0.2, 0.25) is 0 Å². The van der Waals surface area contributed by atoms with Crippen molar-refractivity contribution in [1.29, 1.82) is 0 Å². The lowest BCUT2D eigenvalue weighted by Gasteiger charge is -2.68. The van der Waals surface area contributed by atoms with Gasteiger partial charge in [0.25, 0.3) is 0 Å². The van der Waals surface area contributed by atoms with Crippen molar-refractivity contribution in [2.45, 2.75) is 126 Å². The second-order valence-corrected chi connectivity index (χ2v) is 15.5. The Morgan fingerprint density at radius 2 is 1.48 bits per heavy atom. The fourth-order valence-electron chi connectivity index (χ4n) is 11.9. The summed E-state index contributed by atoms with van der Waals surface area (Å²) >= 11 is 0. The van der Waals surface area contributed by atoms with Gasteiger partial charge in [0.1, 0.15) is 0 Å². The largest absolute Gasteiger partial charge is 0.481 e. The van der Waals surface area contributed by atoms with Crippen molar-refractivity contribution in [1.82, 2.24) is 0 Å². The van der Waals surface area contributed by atoms with Gasteiger partial charge in [-0.15, -0.1) is 32.3 Å². The van der Waals surface area contributed by atoms with Crippen LogP contribution in [-0.4, -0.2) is 22.2 Å². The molecule has 0 heterocycles. The summed E-state index contributed by atoms with van der Waals surface area (Å²) in [6.45, 7) is 19.3. The van der Waals surface area contributed by atoms with Crippen LogP contribution in [0, 0.1) is 76.9 Å². The number of carboxylic acids is 2. The molecule has 2 N–H and O–H groups in total. The third-order valence-electron chi connectivity index (χ3n) is 13.4. The number of benzene rings is 1. The molecular weight excluding hydrogens is 592 g/mol. The normalized spacial score (nSPS) is 34.9. The minimum absolute atomic E-state index is 0.0149. The van der Waals surface area contributed by atoms with Crippen LogP contribution < -0.4 is 0 Å². The fourth-order valence-corrected chi connectivity index (χ4v) is 11.9. The first-order chi connectivity index (χ1) is 22.9. The Balaban J connectivity index is 0.000000816. The first kappa shape index (κ1) is 40.9. The number of fused-ring (bicyclic) bond motifs is 7. The maximum Gasteiger partial charge on any atom is 0.309 e. The summed E-state index contributed by atoms with van der Waals surface area (Å²) in [6, 6.07) is 8.47. The molecule has 0 amide bonds. The van der Waals surface area contributed by atoms with Crippen LogP contribution in [0.3, 0.4) is 0 Å². The highest BCUT2D eigenvalue weighted by Crippen LogP contribution is 2.73. The summed E-state index contributed by atoms with van der Waals surface area (Å²) in [6.07, 6.45) is 32.1. The van der Waals surface area contributed by atoms with Crippen molar-refractivity contribution in [2.24, 2.45) is 51.2 Å². The first-order valence-corrected chi connectivity index (χ1v) is 18.3. The van der Waals surface area contributed by atoms with E-state index in [0.717, 1.165) is 44.1 Å². The number of aliphatic carboxylic acids is 2. The molecule has 8 atom stereocenters. The molecule has 5 aliphatic carbocycles. The zero-order chi connectivity index (χ0) is 36.5. The van der Waals surface area contributed by atoms with E-state index < -0.39 is 17.4 Å². The Bertz CT molecular complexity index is 1330.